The fourth-order valence-electron chi connectivity index (χ4n) is 0.859. The van der Waals surface area contributed by atoms with E-state index >= 15 is 0 Å². The molecule has 0 aromatic carbocycles. The van der Waals surface area contributed by atoms with Crippen LogP contribution in [0.25, 0.3) is 0 Å². The van der Waals surface area contributed by atoms with Gasteiger partial charge in [0.15, 0.2) is 0 Å². The number of rotatable bonds is 7. The summed E-state index contributed by atoms with van der Waals surface area (Å²) in [7, 11) is 0. The van der Waals surface area contributed by atoms with Crippen molar-refractivity contribution in [3.63, 3.8) is 0 Å². The van der Waals surface area contributed by atoms with Crippen LogP contribution in [-0.2, 0) is 0 Å². The first-order valence-electron chi connectivity index (χ1n) is 5.74. The van der Waals surface area contributed by atoms with Crippen molar-refractivity contribution in [3.05, 3.63) is 0 Å². The first-order chi connectivity index (χ1) is 6.04. The van der Waals surface area contributed by atoms with Gasteiger partial charge in [-0.1, -0.05) is 45.4 Å². The number of hydrogen-bond acceptors (Lipinski definition) is 1. The van der Waals surface area contributed by atoms with Gasteiger partial charge in [-0.2, -0.15) is 0 Å². The van der Waals surface area contributed by atoms with E-state index in [1.54, 1.807) is 0 Å². The average Bonchev–Trinajstić information content (AvgIpc) is 2.12. The van der Waals surface area contributed by atoms with Crippen LogP contribution in [0, 0.1) is 0 Å². The zero-order valence-electron chi connectivity index (χ0n) is 9.90. The highest BCUT2D eigenvalue weighted by Gasteiger charge is 1.87. The predicted molar refractivity (Wildman–Crippen MR) is 47.0 cm³/mol. The van der Waals surface area contributed by atoms with E-state index < -0.39 is 12.8 Å². The summed E-state index contributed by atoms with van der Waals surface area (Å²) >= 11 is 0. The highest BCUT2D eigenvalue weighted by atomic mass is 14.5. The molecule has 1 unspecified atom stereocenters. The van der Waals surface area contributed by atoms with Crippen molar-refractivity contribution < 1.29 is 4.11 Å². The molecule has 0 fully saturated rings. The van der Waals surface area contributed by atoms with E-state index in [1.807, 2.05) is 0 Å². The minimum atomic E-state index is -1.51. The standard InChI is InChI=1S/C9H21N/c1-2-3-4-5-6-7-8-9-10/h2-10H2,1H3/i7D,8D2. The van der Waals surface area contributed by atoms with Gasteiger partial charge in [-0.05, 0) is 12.9 Å². The molecule has 1 atom stereocenters. The van der Waals surface area contributed by atoms with E-state index in [0.29, 0.717) is 6.42 Å². The zero-order valence-corrected chi connectivity index (χ0v) is 6.90. The molecule has 2 N–H and O–H groups in total. The predicted octanol–water partition coefficient (Wildman–Crippen LogP) is 2.70. The third kappa shape index (κ3) is 7.96. The van der Waals surface area contributed by atoms with Crippen molar-refractivity contribution in [2.75, 3.05) is 6.54 Å². The lowest BCUT2D eigenvalue weighted by Crippen LogP contribution is -1.97. The van der Waals surface area contributed by atoms with Crippen LogP contribution in [-0.4, -0.2) is 6.54 Å². The van der Waals surface area contributed by atoms with Crippen LogP contribution in [0.15, 0.2) is 0 Å². The first kappa shape index (κ1) is 5.59. The van der Waals surface area contributed by atoms with Gasteiger partial charge >= 0.3 is 0 Å². The molecule has 0 heterocycles. The topological polar surface area (TPSA) is 26.0 Å². The molecule has 0 aromatic rings. The molecule has 1 heteroatoms. The van der Waals surface area contributed by atoms with E-state index in [9.17, 15) is 0 Å². The molecule has 0 spiro atoms. The lowest BCUT2D eigenvalue weighted by Gasteiger charge is -1.97. The molecule has 0 aliphatic rings. The van der Waals surface area contributed by atoms with Gasteiger partial charge in [0.05, 0.1) is 0 Å². The number of nitrogens with two attached hydrogens (primary N) is 1. The van der Waals surface area contributed by atoms with Crippen molar-refractivity contribution in [1.29, 1.82) is 0 Å². The van der Waals surface area contributed by atoms with Gasteiger partial charge < -0.3 is 5.73 Å². The lowest BCUT2D eigenvalue weighted by molar-refractivity contribution is 0.593. The second kappa shape index (κ2) is 8.96. The van der Waals surface area contributed by atoms with E-state index in [4.69, 9.17) is 9.85 Å². The largest absolute Gasteiger partial charge is 0.330 e. The minimum Gasteiger partial charge on any atom is -0.330 e. The zero-order chi connectivity index (χ0) is 10.3. The van der Waals surface area contributed by atoms with Gasteiger partial charge in [-0.15, -0.1) is 0 Å². The van der Waals surface area contributed by atoms with Crippen molar-refractivity contribution >= 4 is 0 Å². The Morgan fingerprint density at radius 3 is 2.50 bits per heavy atom. The Morgan fingerprint density at radius 1 is 1.20 bits per heavy atom. The summed E-state index contributed by atoms with van der Waals surface area (Å²) in [5.41, 5.74) is 5.24. The fourth-order valence-corrected chi connectivity index (χ4v) is 0.859. The van der Waals surface area contributed by atoms with Crippen LogP contribution < -0.4 is 5.73 Å². The Kier molecular flexibility index (Phi) is 5.01. The smallest absolute Gasteiger partial charge is 0.0279 e. The molecule has 1 nitrogen and oxygen atoms in total. The average molecular weight is 146 g/mol. The summed E-state index contributed by atoms with van der Waals surface area (Å²) in [6.45, 7) is 2.09. The van der Waals surface area contributed by atoms with Crippen LogP contribution in [0.5, 0.6) is 0 Å². The highest BCUT2D eigenvalue weighted by molar-refractivity contribution is 4.44. The molecule has 0 saturated carbocycles. The van der Waals surface area contributed by atoms with Gasteiger partial charge in [-0.25, -0.2) is 0 Å². The van der Waals surface area contributed by atoms with Gasteiger partial charge in [0.2, 0.25) is 0 Å². The van der Waals surface area contributed by atoms with Crippen LogP contribution >= 0.6 is 0 Å². The molecule has 0 rings (SSSR count). The second-order valence-electron chi connectivity index (χ2n) is 2.46. The van der Waals surface area contributed by atoms with E-state index in [0.717, 1.165) is 12.8 Å². The molecule has 0 bridgehead atoms. The fraction of sp³-hybridized carbons (Fsp3) is 1.00. The SMILES string of the molecule is [2H]C(CCCCCC)C([2H])([2H])CN. The maximum Gasteiger partial charge on any atom is 0.0279 e. The van der Waals surface area contributed by atoms with Gasteiger partial charge in [0, 0.05) is 4.11 Å². The van der Waals surface area contributed by atoms with E-state index in [2.05, 4.69) is 6.92 Å². The van der Waals surface area contributed by atoms with Crippen molar-refractivity contribution in [1.82, 2.24) is 0 Å². The van der Waals surface area contributed by atoms with Gasteiger partial charge in [-0.3, -0.25) is 0 Å². The summed E-state index contributed by atoms with van der Waals surface area (Å²) in [5, 5.41) is 0. The molecule has 0 radical (unpaired) electrons. The Balaban J connectivity index is 3.55. The maximum atomic E-state index is 7.56. The van der Waals surface area contributed by atoms with Crippen LogP contribution in [0.1, 0.15) is 55.9 Å². The third-order valence-corrected chi connectivity index (χ3v) is 1.46. The monoisotopic (exact) mass is 146 g/mol. The third-order valence-electron chi connectivity index (χ3n) is 1.46. The summed E-state index contributed by atoms with van der Waals surface area (Å²) in [5.74, 6) is 0. The van der Waals surface area contributed by atoms with E-state index in [1.165, 1.54) is 12.8 Å². The normalized spacial score (nSPS) is 19.2. The van der Waals surface area contributed by atoms with Gasteiger partial charge in [0.1, 0.15) is 0 Å². The number of hydrogen-bond donors (Lipinski definition) is 1. The lowest BCUT2D eigenvalue weighted by atomic mass is 10.1. The molecule has 0 saturated heterocycles. The molecule has 0 aromatic heterocycles. The first-order valence-corrected chi connectivity index (χ1v) is 4.17. The molecule has 0 aliphatic heterocycles. The molecule has 10 heavy (non-hydrogen) atoms. The van der Waals surface area contributed by atoms with Gasteiger partial charge in [0.25, 0.3) is 0 Å². The molecule has 0 aliphatic carbocycles. The summed E-state index contributed by atoms with van der Waals surface area (Å²) in [6, 6.07) is 0. The van der Waals surface area contributed by atoms with E-state index in [-0.39, 0.29) is 6.54 Å². The Morgan fingerprint density at radius 2 is 1.90 bits per heavy atom. The summed E-state index contributed by atoms with van der Waals surface area (Å²) in [4.78, 5) is 0. The van der Waals surface area contributed by atoms with Crippen LogP contribution in [0.2, 0.25) is 0 Å². The molecular formula is C9H21N. The Labute approximate surface area is 69.2 Å². The Bertz CT molecular complexity index is 128. The van der Waals surface area contributed by atoms with Crippen molar-refractivity contribution in [2.45, 2.75) is 51.8 Å². The second-order valence-corrected chi connectivity index (χ2v) is 2.46. The quantitative estimate of drug-likeness (QED) is 0.549. The summed E-state index contributed by atoms with van der Waals surface area (Å²) in [6.07, 6.45) is 2.87. The maximum absolute atomic E-state index is 7.56. The molecular weight excluding hydrogens is 122 g/mol. The highest BCUT2D eigenvalue weighted by Crippen LogP contribution is 2.05. The molecule has 0 amide bonds. The minimum absolute atomic E-state index is 0.0467. The molecule has 62 valence electrons. The van der Waals surface area contributed by atoms with Crippen molar-refractivity contribution in [3.8, 4) is 0 Å². The Hall–Kier alpha value is -0.0400. The van der Waals surface area contributed by atoms with Crippen LogP contribution in [0.4, 0.5) is 0 Å². The van der Waals surface area contributed by atoms with Crippen molar-refractivity contribution in [2.24, 2.45) is 5.73 Å². The van der Waals surface area contributed by atoms with Crippen LogP contribution in [0.3, 0.4) is 0 Å². The number of unbranched alkanes of at least 4 members (excludes halogenated alkanes) is 3. The summed E-state index contributed by atoms with van der Waals surface area (Å²) < 4.78 is 22.4.